The Morgan fingerprint density at radius 1 is 0.929 bits per heavy atom. The van der Waals surface area contributed by atoms with Crippen LogP contribution in [0.1, 0.15) is 26.7 Å². The molecule has 7 heteroatoms. The van der Waals surface area contributed by atoms with Gasteiger partial charge in [0.15, 0.2) is 11.5 Å². The van der Waals surface area contributed by atoms with Gasteiger partial charge in [-0.25, -0.2) is 0 Å². The number of carbonyl (C=O) groups excluding carboxylic acids is 2. The molecule has 4 rings (SSSR count). The summed E-state index contributed by atoms with van der Waals surface area (Å²) in [6, 6.07) is 17.2. The van der Waals surface area contributed by atoms with Crippen molar-refractivity contribution in [2.45, 2.75) is 6.54 Å². The first kappa shape index (κ1) is 17.9. The lowest BCUT2D eigenvalue weighted by Crippen LogP contribution is -2.22. The molecule has 2 aromatic carbocycles. The lowest BCUT2D eigenvalue weighted by atomic mass is 10.2. The highest BCUT2D eigenvalue weighted by Gasteiger charge is 2.12. The molecule has 2 aromatic heterocycles. The van der Waals surface area contributed by atoms with Crippen LogP contribution in [-0.2, 0) is 6.54 Å². The fourth-order valence-corrected chi connectivity index (χ4v) is 2.88. The average molecular weight is 395 g/mol. The highest BCUT2D eigenvalue weighted by molar-refractivity contribution is 6.31. The number of anilines is 1. The minimum absolute atomic E-state index is 0.222. The number of benzene rings is 2. The van der Waals surface area contributed by atoms with Crippen molar-refractivity contribution in [1.82, 2.24) is 5.32 Å². The van der Waals surface area contributed by atoms with Crippen molar-refractivity contribution >= 4 is 40.1 Å². The van der Waals surface area contributed by atoms with Gasteiger partial charge in [0.05, 0.1) is 6.26 Å². The molecule has 0 atom stereocenters. The number of carbonyl (C=O) groups is 2. The maximum absolute atomic E-state index is 12.3. The van der Waals surface area contributed by atoms with Gasteiger partial charge in [0.1, 0.15) is 5.58 Å². The summed E-state index contributed by atoms with van der Waals surface area (Å²) < 4.78 is 10.6. The maximum atomic E-state index is 12.3. The summed E-state index contributed by atoms with van der Waals surface area (Å²) in [6.07, 6.45) is 1.44. The van der Waals surface area contributed by atoms with Crippen LogP contribution in [0.4, 0.5) is 5.69 Å². The van der Waals surface area contributed by atoms with Gasteiger partial charge in [-0.05, 0) is 54.1 Å². The zero-order valence-corrected chi connectivity index (χ0v) is 15.3. The summed E-state index contributed by atoms with van der Waals surface area (Å²) in [6.45, 7) is 0.322. The Bertz CT molecular complexity index is 1130. The van der Waals surface area contributed by atoms with Gasteiger partial charge in [0.25, 0.3) is 11.8 Å². The molecule has 0 saturated heterocycles. The largest absolute Gasteiger partial charge is 0.459 e. The van der Waals surface area contributed by atoms with E-state index in [2.05, 4.69) is 10.6 Å². The molecule has 28 heavy (non-hydrogen) atoms. The number of nitrogens with one attached hydrogen (secondary N) is 2. The Balaban J connectivity index is 1.36. The third-order valence-corrected chi connectivity index (χ3v) is 4.35. The molecular weight excluding hydrogens is 380 g/mol. The molecule has 6 nitrogen and oxygen atoms in total. The highest BCUT2D eigenvalue weighted by atomic mass is 35.5. The van der Waals surface area contributed by atoms with Crippen molar-refractivity contribution in [1.29, 1.82) is 0 Å². The smallest absolute Gasteiger partial charge is 0.291 e. The summed E-state index contributed by atoms with van der Waals surface area (Å²) >= 11 is 5.95. The van der Waals surface area contributed by atoms with Gasteiger partial charge in [-0.3, -0.25) is 9.59 Å². The van der Waals surface area contributed by atoms with E-state index in [4.69, 9.17) is 20.4 Å². The Labute approximate surface area is 165 Å². The van der Waals surface area contributed by atoms with E-state index in [1.54, 1.807) is 48.5 Å². The Kier molecular flexibility index (Phi) is 4.87. The normalized spacial score (nSPS) is 10.8. The van der Waals surface area contributed by atoms with E-state index >= 15 is 0 Å². The van der Waals surface area contributed by atoms with Crippen LogP contribution in [0.3, 0.4) is 0 Å². The predicted molar refractivity (Wildman–Crippen MR) is 105 cm³/mol. The molecule has 0 aliphatic carbocycles. The van der Waals surface area contributed by atoms with Crippen molar-refractivity contribution in [2.24, 2.45) is 0 Å². The number of hydrogen-bond donors (Lipinski definition) is 2. The van der Waals surface area contributed by atoms with E-state index in [-0.39, 0.29) is 23.3 Å². The molecular formula is C21H15ClN2O4. The lowest BCUT2D eigenvalue weighted by molar-refractivity contribution is 0.0924. The van der Waals surface area contributed by atoms with E-state index in [9.17, 15) is 9.59 Å². The summed E-state index contributed by atoms with van der Waals surface area (Å²) in [5, 5.41) is 6.90. The van der Waals surface area contributed by atoms with E-state index < -0.39 is 0 Å². The van der Waals surface area contributed by atoms with Crippen molar-refractivity contribution < 1.29 is 18.4 Å². The average Bonchev–Trinajstić information content (AvgIpc) is 3.36. The summed E-state index contributed by atoms with van der Waals surface area (Å²) in [5.74, 6) is -0.179. The third-order valence-electron chi connectivity index (χ3n) is 4.11. The first-order valence-electron chi connectivity index (χ1n) is 8.49. The first-order chi connectivity index (χ1) is 13.6. The zero-order valence-electron chi connectivity index (χ0n) is 14.6. The van der Waals surface area contributed by atoms with Crippen LogP contribution in [0.5, 0.6) is 0 Å². The fourth-order valence-electron chi connectivity index (χ4n) is 2.70. The molecule has 0 radical (unpaired) electrons. The second kappa shape index (κ2) is 7.62. The SMILES string of the molecule is O=C(Nc1ccc(CNC(=O)c2cc3cc(Cl)ccc3o2)cc1)c1ccco1. The standard InChI is InChI=1S/C21H15ClN2O4/c22-15-5-8-17-14(10-15)11-19(28-17)20(25)23-12-13-3-6-16(7-4-13)24-21(26)18-2-1-9-27-18/h1-11H,12H2,(H,23,25)(H,24,26). The van der Waals surface area contributed by atoms with Crippen LogP contribution >= 0.6 is 11.6 Å². The Morgan fingerprint density at radius 3 is 2.50 bits per heavy atom. The Hall–Kier alpha value is -3.51. The minimum atomic E-state index is -0.323. The Morgan fingerprint density at radius 2 is 1.75 bits per heavy atom. The molecule has 0 saturated carbocycles. The lowest BCUT2D eigenvalue weighted by Gasteiger charge is -2.06. The van der Waals surface area contributed by atoms with Crippen LogP contribution in [0, 0.1) is 0 Å². The van der Waals surface area contributed by atoms with Crippen molar-refractivity contribution in [3.63, 3.8) is 0 Å². The van der Waals surface area contributed by atoms with Gasteiger partial charge in [-0.15, -0.1) is 0 Å². The van der Waals surface area contributed by atoms with Crippen LogP contribution in [0.2, 0.25) is 5.02 Å². The number of furan rings is 2. The molecule has 0 unspecified atom stereocenters. The molecule has 2 N–H and O–H groups in total. The highest BCUT2D eigenvalue weighted by Crippen LogP contribution is 2.23. The molecule has 0 bridgehead atoms. The first-order valence-corrected chi connectivity index (χ1v) is 8.87. The van der Waals surface area contributed by atoms with Crippen molar-refractivity contribution in [3.05, 3.63) is 89.0 Å². The number of fused-ring (bicyclic) bond motifs is 1. The summed E-state index contributed by atoms with van der Waals surface area (Å²) in [5.41, 5.74) is 2.11. The molecule has 140 valence electrons. The molecule has 2 amide bonds. The molecule has 0 spiro atoms. The van der Waals surface area contributed by atoms with Crippen LogP contribution < -0.4 is 10.6 Å². The van der Waals surface area contributed by atoms with Gasteiger partial charge in [-0.1, -0.05) is 23.7 Å². The van der Waals surface area contributed by atoms with E-state index in [0.29, 0.717) is 22.8 Å². The van der Waals surface area contributed by atoms with Crippen LogP contribution in [0.15, 0.2) is 75.8 Å². The maximum Gasteiger partial charge on any atom is 0.291 e. The third kappa shape index (κ3) is 3.92. The number of rotatable bonds is 5. The van der Waals surface area contributed by atoms with Gasteiger partial charge in [0, 0.05) is 22.6 Å². The monoisotopic (exact) mass is 394 g/mol. The van der Waals surface area contributed by atoms with E-state index in [0.717, 1.165) is 10.9 Å². The van der Waals surface area contributed by atoms with Crippen molar-refractivity contribution in [3.8, 4) is 0 Å². The zero-order chi connectivity index (χ0) is 19.5. The molecule has 2 heterocycles. The van der Waals surface area contributed by atoms with Crippen LogP contribution in [0.25, 0.3) is 11.0 Å². The summed E-state index contributed by atoms with van der Waals surface area (Å²) in [4.78, 5) is 24.3. The van der Waals surface area contributed by atoms with E-state index in [1.165, 1.54) is 6.26 Å². The van der Waals surface area contributed by atoms with Gasteiger partial charge >= 0.3 is 0 Å². The predicted octanol–water partition coefficient (Wildman–Crippen LogP) is 4.86. The fraction of sp³-hybridized carbons (Fsp3) is 0.0476. The minimum Gasteiger partial charge on any atom is -0.459 e. The second-order valence-electron chi connectivity index (χ2n) is 6.10. The molecule has 0 aliphatic heterocycles. The van der Waals surface area contributed by atoms with Crippen molar-refractivity contribution in [2.75, 3.05) is 5.32 Å². The summed E-state index contributed by atoms with van der Waals surface area (Å²) in [7, 11) is 0. The molecule has 4 aromatic rings. The number of amides is 2. The second-order valence-corrected chi connectivity index (χ2v) is 6.54. The van der Waals surface area contributed by atoms with Gasteiger partial charge in [0.2, 0.25) is 0 Å². The van der Waals surface area contributed by atoms with Crippen LogP contribution in [-0.4, -0.2) is 11.8 Å². The number of hydrogen-bond acceptors (Lipinski definition) is 4. The van der Waals surface area contributed by atoms with Gasteiger partial charge in [-0.2, -0.15) is 0 Å². The molecule has 0 aliphatic rings. The topological polar surface area (TPSA) is 84.5 Å². The number of halogens is 1. The molecule has 0 fully saturated rings. The van der Waals surface area contributed by atoms with E-state index in [1.807, 2.05) is 12.1 Å². The quantitative estimate of drug-likeness (QED) is 0.506. The van der Waals surface area contributed by atoms with Gasteiger partial charge < -0.3 is 19.5 Å².